The number of benzene rings is 1. The molecular formula is C23H29FN6O2. The summed E-state index contributed by atoms with van der Waals surface area (Å²) in [6, 6.07) is 7.68. The molecule has 4 rings (SSSR count). The molecule has 0 aliphatic carbocycles. The van der Waals surface area contributed by atoms with Gasteiger partial charge in [-0.1, -0.05) is 0 Å². The van der Waals surface area contributed by atoms with Gasteiger partial charge in [-0.3, -0.25) is 4.90 Å². The Morgan fingerprint density at radius 1 is 1.41 bits per heavy atom. The summed E-state index contributed by atoms with van der Waals surface area (Å²) in [4.78, 5) is 11.0. The number of piperidine rings is 1. The Bertz CT molecular complexity index is 1010. The molecule has 1 aromatic heterocycles. The van der Waals surface area contributed by atoms with Gasteiger partial charge in [-0.05, 0) is 64.3 Å². The Kier molecular flexibility index (Phi) is 6.44. The highest BCUT2D eigenvalue weighted by atomic mass is 19.1. The van der Waals surface area contributed by atoms with Crippen LogP contribution in [0.4, 0.5) is 21.8 Å². The number of nitrogens with one attached hydrogen (secondary N) is 2. The summed E-state index contributed by atoms with van der Waals surface area (Å²) in [5, 5.41) is 24.6. The summed E-state index contributed by atoms with van der Waals surface area (Å²) >= 11 is 0. The van der Waals surface area contributed by atoms with Crippen LogP contribution in [0.25, 0.3) is 0 Å². The number of aromatic nitrogens is 2. The summed E-state index contributed by atoms with van der Waals surface area (Å²) in [7, 11) is 0. The van der Waals surface area contributed by atoms with Gasteiger partial charge < -0.3 is 20.5 Å². The molecule has 2 fully saturated rings. The lowest BCUT2D eigenvalue weighted by Crippen LogP contribution is -2.55. The van der Waals surface area contributed by atoms with Crippen molar-refractivity contribution in [2.75, 3.05) is 30.4 Å². The van der Waals surface area contributed by atoms with Crippen LogP contribution in [-0.4, -0.2) is 57.4 Å². The van der Waals surface area contributed by atoms with Crippen LogP contribution >= 0.6 is 0 Å². The van der Waals surface area contributed by atoms with Crippen LogP contribution in [0.5, 0.6) is 5.75 Å². The van der Waals surface area contributed by atoms with Gasteiger partial charge in [0.2, 0.25) is 5.95 Å². The van der Waals surface area contributed by atoms with Gasteiger partial charge in [-0.15, -0.1) is 0 Å². The number of aliphatic hydroxyl groups excluding tert-OH is 1. The van der Waals surface area contributed by atoms with Gasteiger partial charge in [0.1, 0.15) is 18.4 Å². The van der Waals surface area contributed by atoms with Crippen LogP contribution in [0.3, 0.4) is 0 Å². The van der Waals surface area contributed by atoms with E-state index >= 15 is 0 Å². The first-order valence-corrected chi connectivity index (χ1v) is 11.0. The second-order valence-electron chi connectivity index (χ2n) is 8.99. The topological polar surface area (TPSA) is 106 Å². The Hall–Kier alpha value is -2.96. The van der Waals surface area contributed by atoms with E-state index < -0.39 is 5.82 Å². The third-order valence-electron chi connectivity index (χ3n) is 6.25. The predicted molar refractivity (Wildman–Crippen MR) is 119 cm³/mol. The van der Waals surface area contributed by atoms with E-state index in [0.29, 0.717) is 23.0 Å². The molecule has 0 radical (unpaired) electrons. The van der Waals surface area contributed by atoms with Crippen molar-refractivity contribution in [3.63, 3.8) is 0 Å². The van der Waals surface area contributed by atoms with Crippen molar-refractivity contribution in [2.45, 2.75) is 57.2 Å². The fraction of sp³-hybridized carbons (Fsp3) is 0.522. The largest absolute Gasteiger partial charge is 0.490 e. The zero-order valence-electron chi connectivity index (χ0n) is 18.4. The lowest BCUT2D eigenvalue weighted by molar-refractivity contribution is 0.0500. The lowest BCUT2D eigenvalue weighted by Gasteiger charge is -2.47. The molecule has 32 heavy (non-hydrogen) atoms. The molecule has 8 nitrogen and oxygen atoms in total. The van der Waals surface area contributed by atoms with E-state index in [1.807, 2.05) is 0 Å². The molecule has 9 heteroatoms. The summed E-state index contributed by atoms with van der Waals surface area (Å²) in [5.74, 6) is 0.306. The maximum atomic E-state index is 14.5. The van der Waals surface area contributed by atoms with Crippen LogP contribution in [0, 0.1) is 17.1 Å². The molecule has 170 valence electrons. The number of fused-ring (bicyclic) bond motifs is 1. The van der Waals surface area contributed by atoms with Crippen molar-refractivity contribution in [3.05, 3.63) is 35.8 Å². The van der Waals surface area contributed by atoms with Gasteiger partial charge in [-0.25, -0.2) is 9.37 Å². The minimum atomic E-state index is -0.493. The fourth-order valence-corrected chi connectivity index (χ4v) is 4.95. The van der Waals surface area contributed by atoms with E-state index in [4.69, 9.17) is 9.84 Å². The van der Waals surface area contributed by atoms with Gasteiger partial charge in [-0.2, -0.15) is 10.2 Å². The Morgan fingerprint density at radius 3 is 3.03 bits per heavy atom. The first kappa shape index (κ1) is 22.2. The highest BCUT2D eigenvalue weighted by molar-refractivity contribution is 5.61. The van der Waals surface area contributed by atoms with Gasteiger partial charge in [0.25, 0.3) is 0 Å². The highest BCUT2D eigenvalue weighted by Gasteiger charge is 2.43. The second-order valence-corrected chi connectivity index (χ2v) is 8.99. The number of rotatable bonds is 7. The third kappa shape index (κ3) is 4.76. The van der Waals surface area contributed by atoms with Crippen molar-refractivity contribution in [2.24, 2.45) is 0 Å². The van der Waals surface area contributed by atoms with Gasteiger partial charge in [0, 0.05) is 23.3 Å². The average molecular weight is 441 g/mol. The Labute approximate surface area is 187 Å². The number of hydrogen-bond donors (Lipinski definition) is 3. The number of anilines is 3. The van der Waals surface area contributed by atoms with E-state index in [2.05, 4.69) is 45.4 Å². The Balaban J connectivity index is 1.48. The summed E-state index contributed by atoms with van der Waals surface area (Å²) < 4.78 is 19.9. The van der Waals surface area contributed by atoms with Crippen molar-refractivity contribution in [1.82, 2.24) is 14.9 Å². The quantitative estimate of drug-likeness (QED) is 0.601. The highest BCUT2D eigenvalue weighted by Crippen LogP contribution is 2.38. The number of halogens is 1. The number of nitrogens with zero attached hydrogens (tertiary/aromatic N) is 4. The van der Waals surface area contributed by atoms with Crippen LogP contribution in [0.15, 0.2) is 24.4 Å². The molecule has 2 aromatic rings. The number of aliphatic hydroxyl groups is 1. The van der Waals surface area contributed by atoms with Gasteiger partial charge in [0.15, 0.2) is 11.6 Å². The number of hydrogen-bond acceptors (Lipinski definition) is 8. The predicted octanol–water partition coefficient (Wildman–Crippen LogP) is 3.42. The number of nitriles is 1. The molecule has 0 amide bonds. The lowest BCUT2D eigenvalue weighted by atomic mass is 9.84. The molecule has 1 aromatic carbocycles. The van der Waals surface area contributed by atoms with Crippen LogP contribution in [0.2, 0.25) is 0 Å². The molecule has 0 unspecified atom stereocenters. The SMILES string of the molecule is CC1(C)C[C@H](Nc2nc(Nc3ccc(OCCO)c(C#N)c3)ncc2F)C[C@@H]2CCCN21. The van der Waals surface area contributed by atoms with Gasteiger partial charge >= 0.3 is 0 Å². The zero-order chi connectivity index (χ0) is 22.7. The first-order chi connectivity index (χ1) is 15.4. The fourth-order valence-electron chi connectivity index (χ4n) is 4.95. The molecule has 0 bridgehead atoms. The molecule has 3 N–H and O–H groups in total. The standard InChI is InChI=1S/C23H29FN6O2/c1-23(2)12-17(11-18-4-3-7-30(18)23)27-21-19(24)14-26-22(29-21)28-16-5-6-20(32-9-8-31)15(10-16)13-25/h5-6,10,14,17-18,31H,3-4,7-9,11-12H2,1-2H3,(H2,26,27,28,29)/t17-,18+/m1/s1. The van der Waals surface area contributed by atoms with Gasteiger partial charge in [0.05, 0.1) is 18.4 Å². The molecule has 2 saturated heterocycles. The van der Waals surface area contributed by atoms with E-state index in [1.165, 1.54) is 12.8 Å². The monoisotopic (exact) mass is 440 g/mol. The minimum absolute atomic E-state index is 0.0647. The van der Waals surface area contributed by atoms with Crippen molar-refractivity contribution >= 4 is 17.5 Å². The van der Waals surface area contributed by atoms with E-state index in [-0.39, 0.29) is 36.6 Å². The second kappa shape index (κ2) is 9.27. The molecular weight excluding hydrogens is 411 g/mol. The van der Waals surface area contributed by atoms with Crippen LogP contribution < -0.4 is 15.4 Å². The molecule has 3 heterocycles. The first-order valence-electron chi connectivity index (χ1n) is 11.0. The summed E-state index contributed by atoms with van der Waals surface area (Å²) in [6.45, 7) is 5.61. The maximum Gasteiger partial charge on any atom is 0.229 e. The molecule has 2 atom stereocenters. The van der Waals surface area contributed by atoms with Crippen molar-refractivity contribution < 1.29 is 14.2 Å². The average Bonchev–Trinajstić information content (AvgIpc) is 3.24. The third-order valence-corrected chi connectivity index (χ3v) is 6.25. The smallest absolute Gasteiger partial charge is 0.229 e. The molecule has 0 spiro atoms. The van der Waals surface area contributed by atoms with E-state index in [0.717, 1.165) is 25.6 Å². The zero-order valence-corrected chi connectivity index (χ0v) is 18.4. The summed E-state index contributed by atoms with van der Waals surface area (Å²) in [5.41, 5.74) is 0.959. The van der Waals surface area contributed by atoms with E-state index in [9.17, 15) is 9.65 Å². The normalized spacial score (nSPS) is 22.1. The molecule has 2 aliphatic heterocycles. The summed E-state index contributed by atoms with van der Waals surface area (Å²) in [6.07, 6.45) is 5.43. The Morgan fingerprint density at radius 2 is 2.25 bits per heavy atom. The molecule has 0 saturated carbocycles. The van der Waals surface area contributed by atoms with Crippen LogP contribution in [-0.2, 0) is 0 Å². The van der Waals surface area contributed by atoms with Crippen LogP contribution in [0.1, 0.15) is 45.1 Å². The van der Waals surface area contributed by atoms with Crippen molar-refractivity contribution in [3.8, 4) is 11.8 Å². The minimum Gasteiger partial charge on any atom is -0.490 e. The van der Waals surface area contributed by atoms with Crippen molar-refractivity contribution in [1.29, 1.82) is 5.26 Å². The molecule has 2 aliphatic rings. The number of ether oxygens (including phenoxy) is 1. The maximum absolute atomic E-state index is 14.5. The van der Waals surface area contributed by atoms with E-state index in [1.54, 1.807) is 18.2 Å².